The number of amidine groups is 1. The summed E-state index contributed by atoms with van der Waals surface area (Å²) in [6.45, 7) is 1.61. The number of rotatable bonds is 3. The van der Waals surface area contributed by atoms with Crippen LogP contribution >= 0.6 is 11.6 Å². The molecule has 1 N–H and O–H groups in total. The standard InChI is InChI=1S/C18H15ClN2O2/c1-22-13-5-2-11(3-6-13)17-16(18-20-8-9-21-18)14-10-12(19)4-7-15(14)23-17/h2-7,10H,8-9H2,1H3,(H,20,21). The van der Waals surface area contributed by atoms with Gasteiger partial charge in [0.1, 0.15) is 22.9 Å². The molecule has 3 aromatic rings. The number of nitrogens with zero attached hydrogens (tertiary/aromatic N) is 1. The highest BCUT2D eigenvalue weighted by molar-refractivity contribution is 6.31. The smallest absolute Gasteiger partial charge is 0.146 e. The van der Waals surface area contributed by atoms with Gasteiger partial charge in [-0.25, -0.2) is 0 Å². The van der Waals surface area contributed by atoms with Gasteiger partial charge >= 0.3 is 0 Å². The van der Waals surface area contributed by atoms with E-state index in [-0.39, 0.29) is 0 Å². The Morgan fingerprint density at radius 1 is 1.17 bits per heavy atom. The lowest BCUT2D eigenvalue weighted by atomic mass is 10.0. The van der Waals surface area contributed by atoms with Crippen molar-refractivity contribution < 1.29 is 9.15 Å². The molecule has 0 bridgehead atoms. The van der Waals surface area contributed by atoms with Crippen LogP contribution in [0.15, 0.2) is 51.9 Å². The molecule has 4 nitrogen and oxygen atoms in total. The monoisotopic (exact) mass is 326 g/mol. The lowest BCUT2D eigenvalue weighted by molar-refractivity contribution is 0.415. The Labute approximate surface area is 138 Å². The van der Waals surface area contributed by atoms with Crippen LogP contribution in [0.3, 0.4) is 0 Å². The normalized spacial score (nSPS) is 13.9. The summed E-state index contributed by atoms with van der Waals surface area (Å²) >= 11 is 6.17. The molecule has 1 aromatic heterocycles. The SMILES string of the molecule is COc1ccc(-c2oc3ccc(Cl)cc3c2C2=NCCN2)cc1. The lowest BCUT2D eigenvalue weighted by Crippen LogP contribution is -2.19. The Morgan fingerprint density at radius 3 is 2.70 bits per heavy atom. The highest BCUT2D eigenvalue weighted by Crippen LogP contribution is 2.36. The van der Waals surface area contributed by atoms with Crippen LogP contribution in [0.5, 0.6) is 5.75 Å². The summed E-state index contributed by atoms with van der Waals surface area (Å²) in [4.78, 5) is 4.56. The zero-order valence-corrected chi connectivity index (χ0v) is 13.4. The van der Waals surface area contributed by atoms with E-state index < -0.39 is 0 Å². The van der Waals surface area contributed by atoms with Gasteiger partial charge in [-0.2, -0.15) is 0 Å². The van der Waals surface area contributed by atoms with E-state index in [2.05, 4.69) is 10.3 Å². The summed E-state index contributed by atoms with van der Waals surface area (Å²) in [5.74, 6) is 2.46. The van der Waals surface area contributed by atoms with Gasteiger partial charge in [-0.05, 0) is 42.5 Å². The van der Waals surface area contributed by atoms with Crippen LogP contribution in [-0.2, 0) is 0 Å². The van der Waals surface area contributed by atoms with Gasteiger partial charge in [0.25, 0.3) is 0 Å². The summed E-state index contributed by atoms with van der Waals surface area (Å²) in [5, 5.41) is 4.97. The predicted octanol–water partition coefficient (Wildman–Crippen LogP) is 4.11. The molecule has 23 heavy (non-hydrogen) atoms. The van der Waals surface area contributed by atoms with Crippen molar-refractivity contribution in [2.24, 2.45) is 4.99 Å². The number of methoxy groups -OCH3 is 1. The lowest BCUT2D eigenvalue weighted by Gasteiger charge is -2.05. The molecule has 1 aliphatic heterocycles. The molecule has 0 spiro atoms. The van der Waals surface area contributed by atoms with Crippen molar-refractivity contribution in [2.75, 3.05) is 20.2 Å². The molecular weight excluding hydrogens is 312 g/mol. The topological polar surface area (TPSA) is 46.8 Å². The Bertz CT molecular complexity index is 897. The fraction of sp³-hybridized carbons (Fsp3) is 0.167. The number of aliphatic imine (C=N–C) groups is 1. The number of fused-ring (bicyclic) bond motifs is 1. The van der Waals surface area contributed by atoms with Crippen LogP contribution in [0.1, 0.15) is 5.56 Å². The molecule has 0 aliphatic carbocycles. The van der Waals surface area contributed by atoms with Gasteiger partial charge in [-0.15, -0.1) is 0 Å². The molecule has 0 saturated heterocycles. The Morgan fingerprint density at radius 2 is 2.00 bits per heavy atom. The van der Waals surface area contributed by atoms with Crippen molar-refractivity contribution >= 4 is 28.4 Å². The molecular formula is C18H15ClN2O2. The van der Waals surface area contributed by atoms with Gasteiger partial charge in [-0.1, -0.05) is 11.6 Å². The second kappa shape index (κ2) is 5.63. The maximum Gasteiger partial charge on any atom is 0.146 e. The van der Waals surface area contributed by atoms with Crippen LogP contribution in [0, 0.1) is 0 Å². The molecule has 4 rings (SSSR count). The number of furan rings is 1. The second-order valence-corrected chi connectivity index (χ2v) is 5.77. The van der Waals surface area contributed by atoms with Crippen LogP contribution in [0.25, 0.3) is 22.3 Å². The third-order valence-corrected chi connectivity index (χ3v) is 4.15. The van der Waals surface area contributed by atoms with Crippen LogP contribution in [-0.4, -0.2) is 26.0 Å². The number of halogens is 1. The first-order valence-electron chi connectivity index (χ1n) is 7.41. The van der Waals surface area contributed by atoms with Crippen molar-refractivity contribution in [1.82, 2.24) is 5.32 Å². The fourth-order valence-electron chi connectivity index (χ4n) is 2.82. The van der Waals surface area contributed by atoms with Crippen LogP contribution in [0.4, 0.5) is 0 Å². The molecule has 1 aliphatic rings. The third-order valence-electron chi connectivity index (χ3n) is 3.91. The minimum atomic E-state index is 0.680. The molecule has 0 atom stereocenters. The minimum Gasteiger partial charge on any atom is -0.497 e. The van der Waals surface area contributed by atoms with Crippen LogP contribution in [0.2, 0.25) is 5.02 Å². The zero-order chi connectivity index (χ0) is 15.8. The van der Waals surface area contributed by atoms with E-state index in [9.17, 15) is 0 Å². The number of hydrogen-bond acceptors (Lipinski definition) is 4. The van der Waals surface area contributed by atoms with Crippen molar-refractivity contribution in [3.05, 3.63) is 53.1 Å². The largest absolute Gasteiger partial charge is 0.497 e. The van der Waals surface area contributed by atoms with Gasteiger partial charge in [-0.3, -0.25) is 4.99 Å². The van der Waals surface area contributed by atoms with E-state index in [4.69, 9.17) is 20.8 Å². The first kappa shape index (κ1) is 14.2. The van der Waals surface area contributed by atoms with Gasteiger partial charge < -0.3 is 14.5 Å². The molecule has 5 heteroatoms. The van der Waals surface area contributed by atoms with Gasteiger partial charge in [0.2, 0.25) is 0 Å². The predicted molar refractivity (Wildman–Crippen MR) is 92.6 cm³/mol. The number of ether oxygens (including phenoxy) is 1. The molecule has 0 unspecified atom stereocenters. The van der Waals surface area contributed by atoms with E-state index in [1.54, 1.807) is 7.11 Å². The highest BCUT2D eigenvalue weighted by atomic mass is 35.5. The van der Waals surface area contributed by atoms with Crippen molar-refractivity contribution in [3.63, 3.8) is 0 Å². The number of hydrogen-bond donors (Lipinski definition) is 1. The van der Waals surface area contributed by atoms with Gasteiger partial charge in [0.05, 0.1) is 19.2 Å². The summed E-state index contributed by atoms with van der Waals surface area (Å²) in [5.41, 5.74) is 2.74. The van der Waals surface area contributed by atoms with E-state index in [0.717, 1.165) is 52.5 Å². The Balaban J connectivity index is 1.95. The first-order chi connectivity index (χ1) is 11.3. The highest BCUT2D eigenvalue weighted by Gasteiger charge is 2.22. The van der Waals surface area contributed by atoms with Crippen molar-refractivity contribution in [1.29, 1.82) is 0 Å². The molecule has 116 valence electrons. The summed E-state index contributed by atoms with van der Waals surface area (Å²) in [6, 6.07) is 13.5. The number of benzene rings is 2. The summed E-state index contributed by atoms with van der Waals surface area (Å²) in [6.07, 6.45) is 0. The molecule has 0 radical (unpaired) electrons. The summed E-state index contributed by atoms with van der Waals surface area (Å²) < 4.78 is 11.3. The molecule has 2 heterocycles. The first-order valence-corrected chi connectivity index (χ1v) is 7.79. The maximum atomic E-state index is 6.17. The van der Waals surface area contributed by atoms with E-state index in [0.29, 0.717) is 5.02 Å². The zero-order valence-electron chi connectivity index (χ0n) is 12.6. The maximum absolute atomic E-state index is 6.17. The van der Waals surface area contributed by atoms with Gasteiger partial charge in [0.15, 0.2) is 0 Å². The molecule has 0 saturated carbocycles. The molecule has 0 amide bonds. The Hall–Kier alpha value is -2.46. The van der Waals surface area contributed by atoms with Crippen LogP contribution < -0.4 is 10.1 Å². The quantitative estimate of drug-likeness (QED) is 0.787. The Kier molecular flexibility index (Phi) is 3.46. The number of nitrogens with one attached hydrogen (secondary N) is 1. The minimum absolute atomic E-state index is 0.680. The van der Waals surface area contributed by atoms with Gasteiger partial charge in [0, 0.05) is 22.5 Å². The van der Waals surface area contributed by atoms with Crippen molar-refractivity contribution in [2.45, 2.75) is 0 Å². The molecule has 2 aromatic carbocycles. The van der Waals surface area contributed by atoms with E-state index in [1.807, 2.05) is 42.5 Å². The third kappa shape index (κ3) is 2.45. The average Bonchev–Trinajstić information content (AvgIpc) is 3.21. The van der Waals surface area contributed by atoms with E-state index >= 15 is 0 Å². The average molecular weight is 327 g/mol. The fourth-order valence-corrected chi connectivity index (χ4v) is 2.99. The summed E-state index contributed by atoms with van der Waals surface area (Å²) in [7, 11) is 1.65. The second-order valence-electron chi connectivity index (χ2n) is 5.33. The van der Waals surface area contributed by atoms with E-state index in [1.165, 1.54) is 0 Å². The van der Waals surface area contributed by atoms with Crippen molar-refractivity contribution in [3.8, 4) is 17.1 Å². The molecule has 0 fully saturated rings.